The molecule has 5 heteroatoms. The van der Waals surface area contributed by atoms with E-state index < -0.39 is 0 Å². The van der Waals surface area contributed by atoms with Crippen LogP contribution in [0.2, 0.25) is 0 Å². The summed E-state index contributed by atoms with van der Waals surface area (Å²) >= 11 is 1.76. The number of nitrogens with one attached hydrogen (secondary N) is 1. The van der Waals surface area contributed by atoms with Crippen molar-refractivity contribution in [2.24, 2.45) is 10.7 Å². The SMILES string of the molecule is Cc1nc(C)c(CCN=C(N)NC2CCCCCC2)s1. The van der Waals surface area contributed by atoms with Gasteiger partial charge in [0.1, 0.15) is 0 Å². The number of aliphatic imine (C=N–C) groups is 1. The normalized spacial score (nSPS) is 18.0. The summed E-state index contributed by atoms with van der Waals surface area (Å²) in [5.41, 5.74) is 7.13. The molecule has 1 heterocycles. The molecule has 1 aromatic rings. The molecule has 2 rings (SSSR count). The van der Waals surface area contributed by atoms with Crippen LogP contribution in [0, 0.1) is 13.8 Å². The van der Waals surface area contributed by atoms with Gasteiger partial charge in [0.25, 0.3) is 0 Å². The Hall–Kier alpha value is -1.10. The molecule has 0 bridgehead atoms. The fraction of sp³-hybridized carbons (Fsp3) is 0.733. The molecular formula is C15H26N4S. The van der Waals surface area contributed by atoms with Crippen LogP contribution in [0.1, 0.15) is 54.1 Å². The van der Waals surface area contributed by atoms with Crippen LogP contribution in [-0.2, 0) is 6.42 Å². The maximum atomic E-state index is 5.99. The van der Waals surface area contributed by atoms with Gasteiger partial charge < -0.3 is 11.1 Å². The molecule has 4 nitrogen and oxygen atoms in total. The molecule has 20 heavy (non-hydrogen) atoms. The van der Waals surface area contributed by atoms with Crippen molar-refractivity contribution in [1.82, 2.24) is 10.3 Å². The van der Waals surface area contributed by atoms with E-state index in [-0.39, 0.29) is 0 Å². The predicted octanol–water partition coefficient (Wildman–Crippen LogP) is 2.93. The van der Waals surface area contributed by atoms with Crippen molar-refractivity contribution in [2.45, 2.75) is 64.8 Å². The van der Waals surface area contributed by atoms with Crippen molar-refractivity contribution < 1.29 is 0 Å². The Balaban J connectivity index is 1.77. The first-order valence-corrected chi connectivity index (χ1v) is 8.46. The average molecular weight is 294 g/mol. The quantitative estimate of drug-likeness (QED) is 0.510. The Morgan fingerprint density at radius 3 is 2.60 bits per heavy atom. The molecule has 0 aromatic carbocycles. The second-order valence-corrected chi connectivity index (χ2v) is 6.88. The summed E-state index contributed by atoms with van der Waals surface area (Å²) in [4.78, 5) is 10.2. The fourth-order valence-corrected chi connectivity index (χ4v) is 3.69. The third kappa shape index (κ3) is 4.78. The van der Waals surface area contributed by atoms with Crippen molar-refractivity contribution >= 4 is 17.3 Å². The fourth-order valence-electron chi connectivity index (χ4n) is 2.76. The van der Waals surface area contributed by atoms with E-state index in [1.807, 2.05) is 6.92 Å². The van der Waals surface area contributed by atoms with Crippen molar-refractivity contribution in [3.8, 4) is 0 Å². The Labute approximate surface area is 125 Å². The van der Waals surface area contributed by atoms with Gasteiger partial charge >= 0.3 is 0 Å². The van der Waals surface area contributed by atoms with Crippen LogP contribution < -0.4 is 11.1 Å². The first-order chi connectivity index (χ1) is 9.65. The topological polar surface area (TPSA) is 63.3 Å². The molecule has 0 amide bonds. The van der Waals surface area contributed by atoms with Crippen molar-refractivity contribution in [2.75, 3.05) is 6.54 Å². The van der Waals surface area contributed by atoms with Crippen LogP contribution in [0.25, 0.3) is 0 Å². The number of rotatable bonds is 4. The summed E-state index contributed by atoms with van der Waals surface area (Å²) < 4.78 is 0. The zero-order valence-electron chi connectivity index (χ0n) is 12.6. The molecule has 1 saturated carbocycles. The van der Waals surface area contributed by atoms with Crippen LogP contribution in [0.5, 0.6) is 0 Å². The summed E-state index contributed by atoms with van der Waals surface area (Å²) in [6.07, 6.45) is 8.73. The second kappa shape index (κ2) is 7.62. The number of nitrogens with zero attached hydrogens (tertiary/aromatic N) is 2. The molecule has 0 atom stereocenters. The lowest BCUT2D eigenvalue weighted by molar-refractivity contribution is 0.530. The van der Waals surface area contributed by atoms with E-state index in [0.717, 1.165) is 23.7 Å². The van der Waals surface area contributed by atoms with Gasteiger partial charge in [-0.1, -0.05) is 25.7 Å². The molecule has 1 aromatic heterocycles. The van der Waals surface area contributed by atoms with Gasteiger partial charge in [-0.2, -0.15) is 0 Å². The van der Waals surface area contributed by atoms with Crippen LogP contribution in [0.15, 0.2) is 4.99 Å². The van der Waals surface area contributed by atoms with Gasteiger partial charge in [-0.3, -0.25) is 4.99 Å². The van der Waals surface area contributed by atoms with E-state index in [1.165, 1.54) is 43.4 Å². The second-order valence-electron chi connectivity index (χ2n) is 5.59. The van der Waals surface area contributed by atoms with E-state index in [1.54, 1.807) is 11.3 Å². The van der Waals surface area contributed by atoms with E-state index in [2.05, 4.69) is 22.2 Å². The van der Waals surface area contributed by atoms with Crippen LogP contribution in [-0.4, -0.2) is 23.5 Å². The predicted molar refractivity (Wildman–Crippen MR) is 86.4 cm³/mol. The molecular weight excluding hydrogens is 268 g/mol. The first-order valence-electron chi connectivity index (χ1n) is 7.64. The van der Waals surface area contributed by atoms with E-state index >= 15 is 0 Å². The highest BCUT2D eigenvalue weighted by atomic mass is 32.1. The summed E-state index contributed by atoms with van der Waals surface area (Å²) in [5, 5.41) is 4.51. The first kappa shape index (κ1) is 15.3. The minimum absolute atomic E-state index is 0.522. The van der Waals surface area contributed by atoms with Gasteiger partial charge in [0.15, 0.2) is 5.96 Å². The summed E-state index contributed by atoms with van der Waals surface area (Å²) in [6, 6.07) is 0.522. The minimum atomic E-state index is 0.522. The summed E-state index contributed by atoms with van der Waals surface area (Å²) in [6.45, 7) is 4.86. The maximum Gasteiger partial charge on any atom is 0.188 e. The van der Waals surface area contributed by atoms with E-state index in [0.29, 0.717) is 12.0 Å². The van der Waals surface area contributed by atoms with Crippen LogP contribution in [0.3, 0.4) is 0 Å². The number of thiazole rings is 1. The maximum absolute atomic E-state index is 5.99. The van der Waals surface area contributed by atoms with Crippen LogP contribution >= 0.6 is 11.3 Å². The molecule has 0 aliphatic heterocycles. The van der Waals surface area contributed by atoms with Gasteiger partial charge in [0.2, 0.25) is 0 Å². The highest BCUT2D eigenvalue weighted by Crippen LogP contribution is 2.18. The Morgan fingerprint density at radius 2 is 2.00 bits per heavy atom. The molecule has 1 aliphatic carbocycles. The van der Waals surface area contributed by atoms with Gasteiger partial charge in [-0.15, -0.1) is 11.3 Å². The molecule has 0 saturated heterocycles. The van der Waals surface area contributed by atoms with Crippen molar-refractivity contribution in [3.05, 3.63) is 15.6 Å². The lowest BCUT2D eigenvalue weighted by atomic mass is 10.1. The van der Waals surface area contributed by atoms with Crippen molar-refractivity contribution in [3.63, 3.8) is 0 Å². The molecule has 1 fully saturated rings. The average Bonchev–Trinajstić information content (AvgIpc) is 2.61. The number of hydrogen-bond donors (Lipinski definition) is 2. The van der Waals surface area contributed by atoms with Gasteiger partial charge in [-0.05, 0) is 26.7 Å². The van der Waals surface area contributed by atoms with Gasteiger partial charge in [0, 0.05) is 23.9 Å². The monoisotopic (exact) mass is 294 g/mol. The highest BCUT2D eigenvalue weighted by molar-refractivity contribution is 7.11. The summed E-state index contributed by atoms with van der Waals surface area (Å²) in [5.74, 6) is 0.607. The molecule has 0 radical (unpaired) electrons. The highest BCUT2D eigenvalue weighted by Gasteiger charge is 2.12. The molecule has 1 aliphatic rings. The third-order valence-corrected chi connectivity index (χ3v) is 4.96. The lowest BCUT2D eigenvalue weighted by Crippen LogP contribution is -2.40. The Morgan fingerprint density at radius 1 is 1.30 bits per heavy atom. The number of hydrogen-bond acceptors (Lipinski definition) is 3. The third-order valence-electron chi connectivity index (χ3n) is 3.83. The summed E-state index contributed by atoms with van der Waals surface area (Å²) in [7, 11) is 0. The molecule has 112 valence electrons. The van der Waals surface area contributed by atoms with Gasteiger partial charge in [0.05, 0.1) is 10.7 Å². The Bertz CT molecular complexity index is 445. The lowest BCUT2D eigenvalue weighted by Gasteiger charge is -2.16. The van der Waals surface area contributed by atoms with Crippen LogP contribution in [0.4, 0.5) is 0 Å². The number of guanidine groups is 1. The zero-order valence-corrected chi connectivity index (χ0v) is 13.4. The van der Waals surface area contributed by atoms with E-state index in [9.17, 15) is 0 Å². The standard InChI is InChI=1S/C15H26N4S/c1-11-14(20-12(2)18-11)9-10-17-15(16)19-13-7-5-3-4-6-8-13/h13H,3-10H2,1-2H3,(H3,16,17,19). The Kier molecular flexibility index (Phi) is 5.83. The van der Waals surface area contributed by atoms with E-state index in [4.69, 9.17) is 5.73 Å². The number of aryl methyl sites for hydroxylation is 2. The van der Waals surface area contributed by atoms with Gasteiger partial charge in [-0.25, -0.2) is 4.98 Å². The smallest absolute Gasteiger partial charge is 0.188 e. The molecule has 0 spiro atoms. The zero-order chi connectivity index (χ0) is 14.4. The molecule has 3 N–H and O–H groups in total. The minimum Gasteiger partial charge on any atom is -0.370 e. The largest absolute Gasteiger partial charge is 0.370 e. The number of aromatic nitrogens is 1. The van der Waals surface area contributed by atoms with Crippen molar-refractivity contribution in [1.29, 1.82) is 0 Å². The number of nitrogens with two attached hydrogens (primary N) is 1. The molecule has 0 unspecified atom stereocenters.